The average molecular weight is 114 g/mol. The third-order valence-electron chi connectivity index (χ3n) is 1.82. The molecule has 1 rings (SSSR count). The maximum absolute atomic E-state index is 5.72. The molecule has 1 saturated heterocycles. The van der Waals surface area contributed by atoms with Crippen LogP contribution in [-0.2, 0) is 0 Å². The Morgan fingerprint density at radius 1 is 1.75 bits per heavy atom. The first-order valence-corrected chi connectivity index (χ1v) is 3.34. The minimum Gasteiger partial charge on any atom is -0.316 e. The van der Waals surface area contributed by atoms with E-state index in [1.165, 1.54) is 19.4 Å². The maximum Gasteiger partial charge on any atom is 0.0572 e. The summed E-state index contributed by atoms with van der Waals surface area (Å²) in [5, 5.41) is 0. The molecule has 0 aromatic heterocycles. The van der Waals surface area contributed by atoms with Gasteiger partial charge in [-0.3, -0.25) is 4.90 Å². The van der Waals surface area contributed by atoms with Crippen molar-refractivity contribution in [1.29, 1.82) is 0 Å². The summed E-state index contributed by atoms with van der Waals surface area (Å²) in [5.74, 6) is 0. The lowest BCUT2D eigenvalue weighted by Crippen LogP contribution is -2.35. The molecule has 0 bridgehead atoms. The van der Waals surface area contributed by atoms with Crippen LogP contribution in [0.25, 0.3) is 0 Å². The molecular formula is C6H14N2. The Labute approximate surface area is 50.7 Å². The molecule has 1 aliphatic rings. The number of hydrogen-bond donors (Lipinski definition) is 1. The van der Waals surface area contributed by atoms with Gasteiger partial charge in [-0.2, -0.15) is 0 Å². The van der Waals surface area contributed by atoms with E-state index in [1.807, 2.05) is 0 Å². The van der Waals surface area contributed by atoms with Crippen LogP contribution >= 0.6 is 0 Å². The molecule has 0 radical (unpaired) electrons. The van der Waals surface area contributed by atoms with Crippen LogP contribution in [0.1, 0.15) is 19.8 Å². The molecule has 1 heterocycles. The molecular weight excluding hydrogens is 100 g/mol. The van der Waals surface area contributed by atoms with Gasteiger partial charge in [0.15, 0.2) is 0 Å². The van der Waals surface area contributed by atoms with Gasteiger partial charge >= 0.3 is 0 Å². The molecule has 0 spiro atoms. The van der Waals surface area contributed by atoms with Crippen molar-refractivity contribution in [2.75, 3.05) is 13.1 Å². The van der Waals surface area contributed by atoms with E-state index in [1.54, 1.807) is 0 Å². The molecule has 2 heteroatoms. The van der Waals surface area contributed by atoms with Gasteiger partial charge in [0.25, 0.3) is 0 Å². The van der Waals surface area contributed by atoms with E-state index in [-0.39, 0.29) is 0 Å². The Bertz CT molecular complexity index is 72.9. The zero-order valence-electron chi connectivity index (χ0n) is 5.43. The number of hydrogen-bond acceptors (Lipinski definition) is 2. The Morgan fingerprint density at radius 2 is 2.50 bits per heavy atom. The molecule has 1 atom stereocenters. The number of rotatable bonds is 1. The summed E-state index contributed by atoms with van der Waals surface area (Å²) in [7, 11) is 0. The monoisotopic (exact) mass is 114 g/mol. The first kappa shape index (κ1) is 6.05. The Kier molecular flexibility index (Phi) is 1.86. The van der Waals surface area contributed by atoms with Crippen LogP contribution in [0.3, 0.4) is 0 Å². The molecule has 2 nitrogen and oxygen atoms in total. The summed E-state index contributed by atoms with van der Waals surface area (Å²) in [6.45, 7) is 4.48. The molecule has 0 unspecified atom stereocenters. The molecule has 2 N–H and O–H groups in total. The van der Waals surface area contributed by atoms with Gasteiger partial charge in [-0.1, -0.05) is 6.92 Å². The summed E-state index contributed by atoms with van der Waals surface area (Å²) < 4.78 is 0. The second-order valence-electron chi connectivity index (χ2n) is 2.34. The molecule has 1 aliphatic heterocycles. The minimum absolute atomic E-state index is 0.361. The SMILES string of the molecule is CCN1CCC[C@@H]1N. The van der Waals surface area contributed by atoms with E-state index in [4.69, 9.17) is 5.73 Å². The first-order valence-electron chi connectivity index (χ1n) is 3.34. The summed E-state index contributed by atoms with van der Waals surface area (Å²) in [4.78, 5) is 2.31. The van der Waals surface area contributed by atoms with Crippen molar-refractivity contribution in [1.82, 2.24) is 4.90 Å². The van der Waals surface area contributed by atoms with E-state index in [9.17, 15) is 0 Å². The van der Waals surface area contributed by atoms with Crippen LogP contribution in [0.2, 0.25) is 0 Å². The fourth-order valence-corrected chi connectivity index (χ4v) is 1.24. The summed E-state index contributed by atoms with van der Waals surface area (Å²) >= 11 is 0. The largest absolute Gasteiger partial charge is 0.316 e. The fourth-order valence-electron chi connectivity index (χ4n) is 1.24. The van der Waals surface area contributed by atoms with Gasteiger partial charge in [0, 0.05) is 0 Å². The van der Waals surface area contributed by atoms with Gasteiger partial charge in [0.05, 0.1) is 6.17 Å². The van der Waals surface area contributed by atoms with Crippen molar-refractivity contribution in [2.45, 2.75) is 25.9 Å². The lowest BCUT2D eigenvalue weighted by atomic mass is 10.3. The van der Waals surface area contributed by atoms with Crippen LogP contribution in [0.15, 0.2) is 0 Å². The van der Waals surface area contributed by atoms with Gasteiger partial charge < -0.3 is 5.73 Å². The quantitative estimate of drug-likeness (QED) is 0.534. The van der Waals surface area contributed by atoms with Crippen LogP contribution in [0, 0.1) is 0 Å². The van der Waals surface area contributed by atoms with Crippen molar-refractivity contribution in [3.63, 3.8) is 0 Å². The van der Waals surface area contributed by atoms with Crippen molar-refractivity contribution < 1.29 is 0 Å². The molecule has 1 fully saturated rings. The highest BCUT2D eigenvalue weighted by atomic mass is 15.2. The Morgan fingerprint density at radius 3 is 2.75 bits per heavy atom. The van der Waals surface area contributed by atoms with E-state index in [2.05, 4.69) is 11.8 Å². The van der Waals surface area contributed by atoms with Gasteiger partial charge in [0.2, 0.25) is 0 Å². The fraction of sp³-hybridized carbons (Fsp3) is 1.00. The van der Waals surface area contributed by atoms with Crippen LogP contribution < -0.4 is 5.73 Å². The minimum atomic E-state index is 0.361. The summed E-state index contributed by atoms with van der Waals surface area (Å²) in [6, 6.07) is 0. The van der Waals surface area contributed by atoms with Crippen LogP contribution in [-0.4, -0.2) is 24.2 Å². The topological polar surface area (TPSA) is 29.3 Å². The van der Waals surface area contributed by atoms with Gasteiger partial charge in [0.1, 0.15) is 0 Å². The molecule has 0 saturated carbocycles. The zero-order chi connectivity index (χ0) is 5.98. The average Bonchev–Trinajstić information content (AvgIpc) is 2.14. The molecule has 0 amide bonds. The highest BCUT2D eigenvalue weighted by Crippen LogP contribution is 2.10. The van der Waals surface area contributed by atoms with Gasteiger partial charge in [-0.25, -0.2) is 0 Å². The van der Waals surface area contributed by atoms with Crippen molar-refractivity contribution >= 4 is 0 Å². The standard InChI is InChI=1S/C6H14N2/c1-2-8-5-3-4-6(8)7/h6H,2-5,7H2,1H3/t6-/m1/s1. The molecule has 0 aliphatic carbocycles. The smallest absolute Gasteiger partial charge is 0.0572 e. The summed E-state index contributed by atoms with van der Waals surface area (Å²) in [6.07, 6.45) is 2.84. The highest BCUT2D eigenvalue weighted by Gasteiger charge is 2.17. The molecule has 0 aromatic rings. The highest BCUT2D eigenvalue weighted by molar-refractivity contribution is 4.71. The molecule has 48 valence electrons. The normalized spacial score (nSPS) is 31.5. The zero-order valence-corrected chi connectivity index (χ0v) is 5.43. The molecule has 0 aromatic carbocycles. The Balaban J connectivity index is 2.30. The van der Waals surface area contributed by atoms with E-state index >= 15 is 0 Å². The van der Waals surface area contributed by atoms with E-state index < -0.39 is 0 Å². The van der Waals surface area contributed by atoms with Crippen molar-refractivity contribution in [3.8, 4) is 0 Å². The van der Waals surface area contributed by atoms with Crippen molar-refractivity contribution in [3.05, 3.63) is 0 Å². The molecule has 8 heavy (non-hydrogen) atoms. The van der Waals surface area contributed by atoms with Gasteiger partial charge in [-0.05, 0) is 25.9 Å². The van der Waals surface area contributed by atoms with Crippen molar-refractivity contribution in [2.24, 2.45) is 5.73 Å². The third kappa shape index (κ3) is 1.01. The lowest BCUT2D eigenvalue weighted by molar-refractivity contribution is 0.273. The third-order valence-corrected chi connectivity index (χ3v) is 1.82. The first-order chi connectivity index (χ1) is 3.84. The number of likely N-dealkylation sites (tertiary alicyclic amines) is 1. The van der Waals surface area contributed by atoms with E-state index in [0.29, 0.717) is 6.17 Å². The lowest BCUT2D eigenvalue weighted by Gasteiger charge is -2.17. The van der Waals surface area contributed by atoms with Gasteiger partial charge in [-0.15, -0.1) is 0 Å². The van der Waals surface area contributed by atoms with Crippen LogP contribution in [0.4, 0.5) is 0 Å². The number of nitrogens with zero attached hydrogens (tertiary/aromatic N) is 1. The predicted octanol–water partition coefficient (Wildman–Crippen LogP) is 0.387. The second kappa shape index (κ2) is 2.46. The van der Waals surface area contributed by atoms with Crippen LogP contribution in [0.5, 0.6) is 0 Å². The summed E-state index contributed by atoms with van der Waals surface area (Å²) in [5.41, 5.74) is 5.72. The second-order valence-corrected chi connectivity index (χ2v) is 2.34. The predicted molar refractivity (Wildman–Crippen MR) is 34.5 cm³/mol. The number of nitrogens with two attached hydrogens (primary N) is 1. The Hall–Kier alpha value is -0.0800. The van der Waals surface area contributed by atoms with E-state index in [0.717, 1.165) is 6.54 Å². The maximum atomic E-state index is 5.72.